The number of benzene rings is 2. The first-order valence-electron chi connectivity index (χ1n) is 5.93. The first kappa shape index (κ1) is 14.1. The van der Waals surface area contributed by atoms with Crippen LogP contribution in [0.1, 0.15) is 6.92 Å². The zero-order chi connectivity index (χ0) is 14.6. The minimum atomic E-state index is -3.67. The van der Waals surface area contributed by atoms with Crippen LogP contribution in [-0.4, -0.2) is 14.3 Å². The Bertz CT molecular complexity index is 712. The van der Waals surface area contributed by atoms with Crippen LogP contribution in [0.3, 0.4) is 0 Å². The molecule has 0 atom stereocenters. The van der Waals surface area contributed by atoms with E-state index in [-0.39, 0.29) is 10.8 Å². The van der Waals surface area contributed by atoms with E-state index in [0.29, 0.717) is 11.4 Å². The van der Waals surface area contributed by atoms with Gasteiger partial charge in [-0.3, -0.25) is 9.52 Å². The number of anilines is 2. The van der Waals surface area contributed by atoms with Crippen molar-refractivity contribution >= 4 is 27.3 Å². The van der Waals surface area contributed by atoms with E-state index >= 15 is 0 Å². The minimum absolute atomic E-state index is 0.0904. The van der Waals surface area contributed by atoms with Gasteiger partial charge in [0, 0.05) is 18.3 Å². The van der Waals surface area contributed by atoms with E-state index in [1.54, 1.807) is 42.5 Å². The Kier molecular flexibility index (Phi) is 4.05. The smallest absolute Gasteiger partial charge is 0.261 e. The molecule has 20 heavy (non-hydrogen) atoms. The maximum absolute atomic E-state index is 12.2. The van der Waals surface area contributed by atoms with Gasteiger partial charge in [0.05, 0.1) is 4.90 Å². The fourth-order valence-corrected chi connectivity index (χ4v) is 2.77. The lowest BCUT2D eigenvalue weighted by atomic mass is 10.3. The van der Waals surface area contributed by atoms with Crippen molar-refractivity contribution < 1.29 is 13.2 Å². The summed E-state index contributed by atoms with van der Waals surface area (Å²) in [7, 11) is -3.67. The summed E-state index contributed by atoms with van der Waals surface area (Å²) in [6, 6.07) is 14.7. The standard InChI is InChI=1S/C14H14N2O3S/c1-11(17)15-13-8-5-9-14(10-13)20(18,19)16-12-6-3-2-4-7-12/h2-10,16H,1H3,(H,15,17). The van der Waals surface area contributed by atoms with Gasteiger partial charge in [-0.05, 0) is 30.3 Å². The maximum atomic E-state index is 12.2. The van der Waals surface area contributed by atoms with E-state index in [4.69, 9.17) is 0 Å². The quantitative estimate of drug-likeness (QED) is 0.908. The van der Waals surface area contributed by atoms with E-state index in [2.05, 4.69) is 10.0 Å². The highest BCUT2D eigenvalue weighted by Gasteiger charge is 2.14. The van der Waals surface area contributed by atoms with Crippen molar-refractivity contribution in [2.75, 3.05) is 10.0 Å². The second kappa shape index (κ2) is 5.75. The highest BCUT2D eigenvalue weighted by atomic mass is 32.2. The summed E-state index contributed by atoms with van der Waals surface area (Å²) in [6.45, 7) is 1.36. The van der Waals surface area contributed by atoms with Crippen molar-refractivity contribution in [2.24, 2.45) is 0 Å². The van der Waals surface area contributed by atoms with Crippen LogP contribution in [0.15, 0.2) is 59.5 Å². The molecule has 0 aliphatic heterocycles. The Balaban J connectivity index is 2.28. The maximum Gasteiger partial charge on any atom is 0.261 e. The first-order chi connectivity index (χ1) is 9.47. The van der Waals surface area contributed by atoms with Gasteiger partial charge in [0.1, 0.15) is 0 Å². The predicted octanol–water partition coefficient (Wildman–Crippen LogP) is 2.45. The molecule has 2 rings (SSSR count). The molecule has 6 heteroatoms. The van der Waals surface area contributed by atoms with Gasteiger partial charge >= 0.3 is 0 Å². The van der Waals surface area contributed by atoms with Crippen LogP contribution in [0.5, 0.6) is 0 Å². The summed E-state index contributed by atoms with van der Waals surface area (Å²) in [5.74, 6) is -0.254. The van der Waals surface area contributed by atoms with Gasteiger partial charge in [0.2, 0.25) is 5.91 Å². The first-order valence-corrected chi connectivity index (χ1v) is 7.41. The SMILES string of the molecule is CC(=O)Nc1cccc(S(=O)(=O)Nc2ccccc2)c1. The summed E-state index contributed by atoms with van der Waals surface area (Å²) >= 11 is 0. The average molecular weight is 290 g/mol. The molecule has 0 radical (unpaired) electrons. The number of carbonyl (C=O) groups excluding carboxylic acids is 1. The third-order valence-corrected chi connectivity index (χ3v) is 3.87. The summed E-state index contributed by atoms with van der Waals surface area (Å²) in [4.78, 5) is 11.1. The second-order valence-electron chi connectivity index (χ2n) is 4.18. The second-order valence-corrected chi connectivity index (χ2v) is 5.86. The minimum Gasteiger partial charge on any atom is -0.326 e. The fraction of sp³-hybridized carbons (Fsp3) is 0.0714. The molecule has 0 fully saturated rings. The van der Waals surface area contributed by atoms with Gasteiger partial charge in [0.25, 0.3) is 10.0 Å². The highest BCUT2D eigenvalue weighted by molar-refractivity contribution is 7.92. The number of hydrogen-bond acceptors (Lipinski definition) is 3. The number of hydrogen-bond donors (Lipinski definition) is 2. The molecule has 0 bridgehead atoms. The fourth-order valence-electron chi connectivity index (χ4n) is 1.66. The molecular formula is C14H14N2O3S. The third-order valence-electron chi connectivity index (χ3n) is 2.49. The van der Waals surface area contributed by atoms with Crippen LogP contribution >= 0.6 is 0 Å². The van der Waals surface area contributed by atoms with Gasteiger partial charge in [0.15, 0.2) is 0 Å². The third kappa shape index (κ3) is 3.58. The Labute approximate surface area is 117 Å². The molecule has 0 saturated carbocycles. The van der Waals surface area contributed by atoms with Gasteiger partial charge < -0.3 is 5.32 Å². The van der Waals surface area contributed by atoms with Crippen LogP contribution in [0, 0.1) is 0 Å². The normalized spacial score (nSPS) is 10.8. The number of nitrogens with one attached hydrogen (secondary N) is 2. The highest BCUT2D eigenvalue weighted by Crippen LogP contribution is 2.19. The lowest BCUT2D eigenvalue weighted by Gasteiger charge is -2.09. The molecule has 0 unspecified atom stereocenters. The molecule has 104 valence electrons. The van der Waals surface area contributed by atoms with Crippen LogP contribution in [0.25, 0.3) is 0 Å². The molecular weight excluding hydrogens is 276 g/mol. The number of sulfonamides is 1. The topological polar surface area (TPSA) is 75.3 Å². The predicted molar refractivity (Wildman–Crippen MR) is 78.0 cm³/mol. The van der Waals surface area contributed by atoms with Crippen molar-refractivity contribution in [1.82, 2.24) is 0 Å². The van der Waals surface area contributed by atoms with Crippen molar-refractivity contribution in [3.8, 4) is 0 Å². The van der Waals surface area contributed by atoms with E-state index in [1.807, 2.05) is 0 Å². The molecule has 0 heterocycles. The van der Waals surface area contributed by atoms with Crippen LogP contribution in [0.2, 0.25) is 0 Å². The molecule has 5 nitrogen and oxygen atoms in total. The van der Waals surface area contributed by atoms with E-state index in [9.17, 15) is 13.2 Å². The summed E-state index contributed by atoms with van der Waals surface area (Å²) in [5.41, 5.74) is 0.922. The number of rotatable bonds is 4. The molecule has 1 amide bonds. The van der Waals surface area contributed by atoms with Gasteiger partial charge in [-0.1, -0.05) is 24.3 Å². The number of amides is 1. The van der Waals surface area contributed by atoms with Crippen LogP contribution < -0.4 is 10.0 Å². The Morgan fingerprint density at radius 2 is 1.60 bits per heavy atom. The summed E-state index contributed by atoms with van der Waals surface area (Å²) in [5, 5.41) is 2.55. The summed E-state index contributed by atoms with van der Waals surface area (Å²) in [6.07, 6.45) is 0. The number of carbonyl (C=O) groups is 1. The molecule has 0 spiro atoms. The van der Waals surface area contributed by atoms with Gasteiger partial charge in [-0.25, -0.2) is 8.42 Å². The molecule has 0 aromatic heterocycles. The molecule has 0 saturated heterocycles. The van der Waals surface area contributed by atoms with Gasteiger partial charge in [-0.2, -0.15) is 0 Å². The van der Waals surface area contributed by atoms with Gasteiger partial charge in [-0.15, -0.1) is 0 Å². The number of para-hydroxylation sites is 1. The lowest BCUT2D eigenvalue weighted by Crippen LogP contribution is -2.13. The largest absolute Gasteiger partial charge is 0.326 e. The molecule has 2 N–H and O–H groups in total. The molecule has 0 aliphatic rings. The van der Waals surface area contributed by atoms with Crippen molar-refractivity contribution in [1.29, 1.82) is 0 Å². The zero-order valence-electron chi connectivity index (χ0n) is 10.8. The summed E-state index contributed by atoms with van der Waals surface area (Å²) < 4.78 is 26.9. The molecule has 2 aromatic carbocycles. The van der Waals surface area contributed by atoms with Crippen molar-refractivity contribution in [3.05, 3.63) is 54.6 Å². The van der Waals surface area contributed by atoms with E-state index in [1.165, 1.54) is 19.1 Å². The van der Waals surface area contributed by atoms with Crippen LogP contribution in [0.4, 0.5) is 11.4 Å². The van der Waals surface area contributed by atoms with Crippen molar-refractivity contribution in [3.63, 3.8) is 0 Å². The monoisotopic (exact) mass is 290 g/mol. The molecule has 2 aromatic rings. The Morgan fingerprint density at radius 3 is 2.25 bits per heavy atom. The van der Waals surface area contributed by atoms with E-state index < -0.39 is 10.0 Å². The van der Waals surface area contributed by atoms with Crippen LogP contribution in [-0.2, 0) is 14.8 Å². The van der Waals surface area contributed by atoms with E-state index in [0.717, 1.165) is 0 Å². The molecule has 0 aliphatic carbocycles. The van der Waals surface area contributed by atoms with Crippen molar-refractivity contribution in [2.45, 2.75) is 11.8 Å². The Morgan fingerprint density at radius 1 is 0.950 bits per heavy atom. The Hall–Kier alpha value is -2.34. The zero-order valence-corrected chi connectivity index (χ0v) is 11.6. The average Bonchev–Trinajstić information content (AvgIpc) is 2.39. The lowest BCUT2D eigenvalue weighted by molar-refractivity contribution is -0.114.